The van der Waals surface area contributed by atoms with Gasteiger partial charge in [-0.15, -0.1) is 11.8 Å². The van der Waals surface area contributed by atoms with Crippen LogP contribution in [0.5, 0.6) is 0 Å². The van der Waals surface area contributed by atoms with Crippen molar-refractivity contribution in [3.8, 4) is 0 Å². The standard InChI is InChI=1S/C22H23NO4S2.K.H/c1-15(14-28-22(27)16-8-4-2-5-9-16)20(24)23-13-18(12-19(23)21(25)26)29-17-10-6-3-7-11-17;;/h2-11,15,18-19H,12-14H2,1H3,(H,25,26);;/q;+1;-1/t15-,18+,19+;;/m1../s1. The van der Waals surface area contributed by atoms with Crippen molar-refractivity contribution in [2.75, 3.05) is 12.3 Å². The Balaban J connectivity index is 0.00000240. The number of carbonyl (C=O) groups is 3. The van der Waals surface area contributed by atoms with Gasteiger partial charge >= 0.3 is 57.4 Å². The summed E-state index contributed by atoms with van der Waals surface area (Å²) in [6.45, 7) is 2.15. The second kappa shape index (κ2) is 12.4. The Labute approximate surface area is 229 Å². The Morgan fingerprint density at radius 1 is 1.10 bits per heavy atom. The van der Waals surface area contributed by atoms with Crippen LogP contribution in [0.15, 0.2) is 65.6 Å². The van der Waals surface area contributed by atoms with Crippen molar-refractivity contribution in [2.45, 2.75) is 29.5 Å². The first-order valence-corrected chi connectivity index (χ1v) is 11.3. The van der Waals surface area contributed by atoms with Crippen molar-refractivity contribution >= 4 is 40.5 Å². The maximum atomic E-state index is 12.9. The Hall–Kier alpha value is -0.614. The SMILES string of the molecule is C[C@H](CSC(=O)c1ccccc1)C(=O)N1C[C@@H](Sc2ccccc2)C[C@H]1C(=O)O.[H-].[K+]. The van der Waals surface area contributed by atoms with E-state index in [2.05, 4.69) is 0 Å². The molecule has 1 N–H and O–H groups in total. The molecule has 1 saturated heterocycles. The maximum absolute atomic E-state index is 12.9. The van der Waals surface area contributed by atoms with Crippen molar-refractivity contribution in [2.24, 2.45) is 5.92 Å². The van der Waals surface area contributed by atoms with Gasteiger partial charge in [0.1, 0.15) is 6.04 Å². The number of nitrogens with zero attached hydrogens (tertiary/aromatic N) is 1. The summed E-state index contributed by atoms with van der Waals surface area (Å²) in [6, 6.07) is 17.9. The van der Waals surface area contributed by atoms with Crippen molar-refractivity contribution in [3.63, 3.8) is 0 Å². The van der Waals surface area contributed by atoms with Gasteiger partial charge in [-0.25, -0.2) is 4.79 Å². The molecule has 1 amide bonds. The molecule has 2 aromatic carbocycles. The van der Waals surface area contributed by atoms with E-state index in [0.29, 0.717) is 24.3 Å². The van der Waals surface area contributed by atoms with E-state index < -0.39 is 17.9 Å². The maximum Gasteiger partial charge on any atom is 1.00 e. The third-order valence-corrected chi connectivity index (χ3v) is 7.16. The quantitative estimate of drug-likeness (QED) is 0.614. The molecule has 1 heterocycles. The number of thioether (sulfide) groups is 2. The van der Waals surface area contributed by atoms with Crippen molar-refractivity contribution < 1.29 is 72.3 Å². The summed E-state index contributed by atoms with van der Waals surface area (Å²) < 4.78 is 0. The molecule has 2 aromatic rings. The molecular weight excluding hydrogens is 445 g/mol. The predicted molar refractivity (Wildman–Crippen MR) is 117 cm³/mol. The monoisotopic (exact) mass is 469 g/mol. The molecule has 0 bridgehead atoms. The van der Waals surface area contributed by atoms with Crippen LogP contribution < -0.4 is 51.4 Å². The minimum absolute atomic E-state index is 0. The molecule has 0 radical (unpaired) electrons. The molecule has 3 atom stereocenters. The van der Waals surface area contributed by atoms with E-state index in [0.717, 1.165) is 16.7 Å². The molecular formula is C22H24KNO4S2. The fraction of sp³-hybridized carbons (Fsp3) is 0.318. The van der Waals surface area contributed by atoms with Gasteiger partial charge in [0, 0.05) is 33.9 Å². The molecule has 0 unspecified atom stereocenters. The minimum Gasteiger partial charge on any atom is -1.00 e. The number of carboxylic acids is 1. The molecule has 0 saturated carbocycles. The van der Waals surface area contributed by atoms with Crippen LogP contribution >= 0.6 is 23.5 Å². The van der Waals surface area contributed by atoms with Crippen LogP contribution in [-0.2, 0) is 9.59 Å². The zero-order valence-corrected chi connectivity index (χ0v) is 21.8. The van der Waals surface area contributed by atoms with Crippen LogP contribution in [0.25, 0.3) is 0 Å². The van der Waals surface area contributed by atoms with Gasteiger partial charge in [-0.05, 0) is 18.6 Å². The van der Waals surface area contributed by atoms with Gasteiger partial charge in [-0.3, -0.25) is 9.59 Å². The molecule has 154 valence electrons. The molecule has 0 aliphatic carbocycles. The van der Waals surface area contributed by atoms with Gasteiger partial charge in [0.25, 0.3) is 0 Å². The topological polar surface area (TPSA) is 74.7 Å². The smallest absolute Gasteiger partial charge is 1.00 e. The third-order valence-electron chi connectivity index (χ3n) is 4.77. The summed E-state index contributed by atoms with van der Waals surface area (Å²) in [7, 11) is 0. The van der Waals surface area contributed by atoms with Crippen LogP contribution in [0.1, 0.15) is 25.1 Å². The molecule has 1 aliphatic heterocycles. The summed E-state index contributed by atoms with van der Waals surface area (Å²) in [6.07, 6.45) is 0.420. The molecule has 1 aliphatic rings. The van der Waals surface area contributed by atoms with Crippen molar-refractivity contribution in [1.29, 1.82) is 0 Å². The van der Waals surface area contributed by atoms with E-state index in [1.54, 1.807) is 43.0 Å². The van der Waals surface area contributed by atoms with Gasteiger partial charge < -0.3 is 11.4 Å². The van der Waals surface area contributed by atoms with Crippen LogP contribution in [0, 0.1) is 5.92 Å². The zero-order valence-electron chi connectivity index (χ0n) is 18.1. The van der Waals surface area contributed by atoms with Gasteiger partial charge in [-0.2, -0.15) is 0 Å². The summed E-state index contributed by atoms with van der Waals surface area (Å²) in [5, 5.41) is 9.55. The number of aliphatic carboxylic acids is 1. The molecule has 0 aromatic heterocycles. The summed E-state index contributed by atoms with van der Waals surface area (Å²) >= 11 is 2.70. The van der Waals surface area contributed by atoms with E-state index in [1.807, 2.05) is 36.4 Å². The summed E-state index contributed by atoms with van der Waals surface area (Å²) in [4.78, 5) is 39.5. The van der Waals surface area contributed by atoms with Gasteiger partial charge in [0.15, 0.2) is 0 Å². The van der Waals surface area contributed by atoms with Gasteiger partial charge in [0.2, 0.25) is 11.0 Å². The molecule has 3 rings (SSSR count). The van der Waals surface area contributed by atoms with Crippen LogP contribution in [0.2, 0.25) is 0 Å². The summed E-state index contributed by atoms with van der Waals surface area (Å²) in [5.74, 6) is -1.29. The molecule has 5 nitrogen and oxygen atoms in total. The molecule has 30 heavy (non-hydrogen) atoms. The Bertz CT molecular complexity index is 872. The normalized spacial score (nSPS) is 19.0. The second-order valence-corrected chi connectivity index (χ2v) is 9.37. The van der Waals surface area contributed by atoms with Gasteiger partial charge in [0.05, 0.1) is 0 Å². The number of likely N-dealkylation sites (tertiary alicyclic amines) is 1. The second-order valence-electron chi connectivity index (χ2n) is 7.00. The molecule has 1 fully saturated rings. The fourth-order valence-electron chi connectivity index (χ4n) is 3.26. The molecule has 8 heteroatoms. The first-order chi connectivity index (χ1) is 14.0. The van der Waals surface area contributed by atoms with Crippen molar-refractivity contribution in [3.05, 3.63) is 66.2 Å². The van der Waals surface area contributed by atoms with Gasteiger partial charge in [-0.1, -0.05) is 67.2 Å². The van der Waals surface area contributed by atoms with E-state index in [-0.39, 0.29) is 69.1 Å². The van der Waals surface area contributed by atoms with E-state index in [1.165, 1.54) is 4.90 Å². The Morgan fingerprint density at radius 3 is 2.30 bits per heavy atom. The largest absolute Gasteiger partial charge is 1.00 e. The number of carboxylic acid groups (broad SMARTS) is 1. The average Bonchev–Trinajstić information content (AvgIpc) is 3.16. The first-order valence-electron chi connectivity index (χ1n) is 9.43. The number of hydrogen-bond donors (Lipinski definition) is 1. The van der Waals surface area contributed by atoms with Crippen LogP contribution in [0.4, 0.5) is 0 Å². The number of carbonyl (C=O) groups excluding carboxylic acids is 2. The van der Waals surface area contributed by atoms with Crippen molar-refractivity contribution in [1.82, 2.24) is 4.90 Å². The fourth-order valence-corrected chi connectivity index (χ4v) is 5.32. The third kappa shape index (κ3) is 6.95. The number of hydrogen-bond acceptors (Lipinski definition) is 5. The predicted octanol–water partition coefficient (Wildman–Crippen LogP) is 1.16. The molecule has 0 spiro atoms. The van der Waals surface area contributed by atoms with Crippen LogP contribution in [0.3, 0.4) is 0 Å². The number of amides is 1. The van der Waals surface area contributed by atoms with E-state index >= 15 is 0 Å². The minimum atomic E-state index is -0.977. The summed E-state index contributed by atoms with van der Waals surface area (Å²) in [5.41, 5.74) is 0.598. The van der Waals surface area contributed by atoms with Crippen LogP contribution in [-0.4, -0.2) is 50.6 Å². The Morgan fingerprint density at radius 2 is 1.70 bits per heavy atom. The average molecular weight is 470 g/mol. The van der Waals surface area contributed by atoms with E-state index in [9.17, 15) is 19.5 Å². The Kier molecular flexibility index (Phi) is 10.6. The number of benzene rings is 2. The first kappa shape index (κ1) is 25.6. The number of rotatable bonds is 7. The van der Waals surface area contributed by atoms with E-state index in [4.69, 9.17) is 0 Å². The zero-order chi connectivity index (χ0) is 20.8.